The first-order valence-corrected chi connectivity index (χ1v) is 11.7. The Morgan fingerprint density at radius 1 is 1.35 bits per heavy atom. The number of halogens is 1. The van der Waals surface area contributed by atoms with Crippen molar-refractivity contribution in [3.63, 3.8) is 0 Å². The third-order valence-corrected chi connectivity index (χ3v) is 6.05. The molecule has 1 heterocycles. The summed E-state index contributed by atoms with van der Waals surface area (Å²) in [5, 5.41) is 3.38. The monoisotopic (exact) mass is 511 g/mol. The summed E-state index contributed by atoms with van der Waals surface area (Å²) >= 11 is 2.00. The van der Waals surface area contributed by atoms with Gasteiger partial charge in [-0.15, -0.1) is 24.0 Å². The van der Waals surface area contributed by atoms with Crippen molar-refractivity contribution in [3.8, 4) is 0 Å². The van der Waals surface area contributed by atoms with E-state index in [9.17, 15) is 8.42 Å². The summed E-state index contributed by atoms with van der Waals surface area (Å²) in [5.74, 6) is 2.10. The molecule has 5 nitrogen and oxygen atoms in total. The van der Waals surface area contributed by atoms with Crippen molar-refractivity contribution in [2.45, 2.75) is 37.8 Å². The fourth-order valence-corrected chi connectivity index (χ4v) is 4.81. The van der Waals surface area contributed by atoms with Crippen LogP contribution in [0.4, 0.5) is 0 Å². The highest BCUT2D eigenvalue weighted by molar-refractivity contribution is 14.0. The molecule has 148 valence electrons. The molecule has 1 saturated heterocycles. The van der Waals surface area contributed by atoms with Crippen LogP contribution in [-0.2, 0) is 22.1 Å². The van der Waals surface area contributed by atoms with E-state index >= 15 is 0 Å². The highest BCUT2D eigenvalue weighted by Gasteiger charge is 2.28. The summed E-state index contributed by atoms with van der Waals surface area (Å²) in [6, 6.07) is 7.68. The number of rotatable bonds is 5. The van der Waals surface area contributed by atoms with E-state index in [1.54, 1.807) is 0 Å². The lowest BCUT2D eigenvalue weighted by Crippen LogP contribution is -2.50. The number of nitrogens with one attached hydrogen (secondary N) is 1. The second-order valence-corrected chi connectivity index (χ2v) is 11.0. The minimum atomic E-state index is -3.02. The molecule has 0 atom stereocenters. The Labute approximate surface area is 179 Å². The number of nitrogens with zero attached hydrogens (tertiary/aromatic N) is 2. The van der Waals surface area contributed by atoms with E-state index in [1.807, 2.05) is 36.0 Å². The van der Waals surface area contributed by atoms with Crippen LogP contribution in [-0.4, -0.2) is 55.7 Å². The van der Waals surface area contributed by atoms with Gasteiger partial charge in [0.2, 0.25) is 0 Å². The first-order valence-electron chi connectivity index (χ1n) is 8.61. The fraction of sp³-hybridized carbons (Fsp3) is 0.611. The van der Waals surface area contributed by atoms with E-state index in [4.69, 9.17) is 4.99 Å². The van der Waals surface area contributed by atoms with Gasteiger partial charge in [0, 0.05) is 36.4 Å². The van der Waals surface area contributed by atoms with Gasteiger partial charge in [0.15, 0.2) is 15.8 Å². The van der Waals surface area contributed by atoms with Gasteiger partial charge in [0.1, 0.15) is 0 Å². The van der Waals surface area contributed by atoms with Crippen molar-refractivity contribution in [1.82, 2.24) is 10.2 Å². The van der Waals surface area contributed by atoms with Gasteiger partial charge >= 0.3 is 0 Å². The van der Waals surface area contributed by atoms with Gasteiger partial charge in [-0.2, -0.15) is 11.8 Å². The van der Waals surface area contributed by atoms with E-state index in [0.717, 1.165) is 42.5 Å². The van der Waals surface area contributed by atoms with Crippen molar-refractivity contribution in [1.29, 1.82) is 0 Å². The Kier molecular flexibility index (Phi) is 9.22. The van der Waals surface area contributed by atoms with E-state index in [2.05, 4.69) is 31.0 Å². The summed E-state index contributed by atoms with van der Waals surface area (Å²) in [6.07, 6.45) is 1.26. The molecular formula is C18H30IN3O2S2. The predicted molar refractivity (Wildman–Crippen MR) is 123 cm³/mol. The minimum Gasteiger partial charge on any atom is -0.357 e. The number of aliphatic imine (C=N–C) groups is 1. The van der Waals surface area contributed by atoms with Gasteiger partial charge < -0.3 is 10.2 Å². The van der Waals surface area contributed by atoms with E-state index in [-0.39, 0.29) is 34.5 Å². The summed E-state index contributed by atoms with van der Waals surface area (Å²) in [7, 11) is -3.02. The summed E-state index contributed by atoms with van der Waals surface area (Å²) < 4.78 is 23.2. The lowest BCUT2D eigenvalue weighted by atomic mass is 10.1. The maximum atomic E-state index is 11.5. The quantitative estimate of drug-likeness (QED) is 0.374. The van der Waals surface area contributed by atoms with Crippen LogP contribution in [0, 0.1) is 0 Å². The molecule has 1 fully saturated rings. The molecule has 0 saturated carbocycles. The largest absolute Gasteiger partial charge is 0.357 e. The van der Waals surface area contributed by atoms with Crippen LogP contribution >= 0.6 is 35.7 Å². The number of sulfone groups is 1. The van der Waals surface area contributed by atoms with Crippen LogP contribution in [0.25, 0.3) is 0 Å². The third-order valence-electron chi connectivity index (χ3n) is 3.89. The van der Waals surface area contributed by atoms with Crippen molar-refractivity contribution >= 4 is 51.5 Å². The van der Waals surface area contributed by atoms with Crippen LogP contribution < -0.4 is 5.32 Å². The molecule has 26 heavy (non-hydrogen) atoms. The molecule has 1 aromatic carbocycles. The highest BCUT2D eigenvalue weighted by Crippen LogP contribution is 2.29. The fourth-order valence-electron chi connectivity index (χ4n) is 2.91. The van der Waals surface area contributed by atoms with Crippen LogP contribution in [0.15, 0.2) is 29.3 Å². The number of hydrogen-bond acceptors (Lipinski definition) is 4. The zero-order chi connectivity index (χ0) is 18.5. The standard InChI is InChI=1S/C18H29N3O2S2.HI/c1-5-19-17(21-9-10-24-18(2,3)14-21)20-12-15-7-6-8-16(11-15)13-25(4,22)23;/h6-8,11H,5,9-10,12-14H2,1-4H3,(H,19,20);1H. The first kappa shape index (κ1) is 23.6. The molecule has 1 aliphatic heterocycles. The Morgan fingerprint density at radius 2 is 2.04 bits per heavy atom. The minimum absolute atomic E-state index is 0. The molecule has 0 amide bonds. The Hall–Kier alpha value is -0.480. The zero-order valence-corrected chi connectivity index (χ0v) is 20.0. The Balaban J connectivity index is 0.00000338. The summed E-state index contributed by atoms with van der Waals surface area (Å²) in [6.45, 7) is 9.95. The Bertz CT molecular complexity index is 721. The maximum absolute atomic E-state index is 11.5. The summed E-state index contributed by atoms with van der Waals surface area (Å²) in [4.78, 5) is 7.10. The van der Waals surface area contributed by atoms with Crippen LogP contribution in [0.3, 0.4) is 0 Å². The molecule has 0 aliphatic carbocycles. The van der Waals surface area contributed by atoms with Crippen molar-refractivity contribution in [3.05, 3.63) is 35.4 Å². The van der Waals surface area contributed by atoms with Crippen molar-refractivity contribution in [2.75, 3.05) is 31.6 Å². The van der Waals surface area contributed by atoms with Crippen LogP contribution in [0.1, 0.15) is 31.9 Å². The molecule has 0 spiro atoms. The van der Waals surface area contributed by atoms with Crippen molar-refractivity contribution < 1.29 is 8.42 Å². The lowest BCUT2D eigenvalue weighted by molar-refractivity contribution is 0.376. The normalized spacial score (nSPS) is 17.5. The SMILES string of the molecule is CCNC(=NCc1cccc(CS(C)(=O)=O)c1)N1CCSC(C)(C)C1.I. The average Bonchev–Trinajstić information content (AvgIpc) is 2.49. The van der Waals surface area contributed by atoms with Crippen LogP contribution in [0.5, 0.6) is 0 Å². The number of guanidine groups is 1. The molecule has 2 rings (SSSR count). The topological polar surface area (TPSA) is 61.8 Å². The second-order valence-electron chi connectivity index (χ2n) is 7.09. The second kappa shape index (κ2) is 10.2. The third kappa shape index (κ3) is 8.04. The van der Waals surface area contributed by atoms with Gasteiger partial charge in [-0.05, 0) is 31.9 Å². The van der Waals surface area contributed by atoms with Gasteiger partial charge in [0.25, 0.3) is 0 Å². The predicted octanol–water partition coefficient (Wildman–Crippen LogP) is 3.14. The number of benzene rings is 1. The van der Waals surface area contributed by atoms with E-state index < -0.39 is 9.84 Å². The van der Waals surface area contributed by atoms with Crippen molar-refractivity contribution in [2.24, 2.45) is 4.99 Å². The van der Waals surface area contributed by atoms with E-state index in [1.165, 1.54) is 6.26 Å². The summed E-state index contributed by atoms with van der Waals surface area (Å²) in [5.41, 5.74) is 1.85. The van der Waals surface area contributed by atoms with Gasteiger partial charge in [-0.1, -0.05) is 24.3 Å². The molecule has 1 aliphatic rings. The van der Waals surface area contributed by atoms with Gasteiger partial charge in [-0.3, -0.25) is 0 Å². The van der Waals surface area contributed by atoms with Gasteiger partial charge in [-0.25, -0.2) is 13.4 Å². The zero-order valence-electron chi connectivity index (χ0n) is 16.0. The molecule has 0 radical (unpaired) electrons. The Morgan fingerprint density at radius 3 is 2.65 bits per heavy atom. The number of hydrogen-bond donors (Lipinski definition) is 1. The first-order chi connectivity index (χ1) is 11.7. The number of thioether (sulfide) groups is 1. The molecule has 1 aromatic rings. The maximum Gasteiger partial charge on any atom is 0.194 e. The molecular weight excluding hydrogens is 481 g/mol. The molecule has 0 aromatic heterocycles. The average molecular weight is 511 g/mol. The molecule has 0 unspecified atom stereocenters. The van der Waals surface area contributed by atoms with Gasteiger partial charge in [0.05, 0.1) is 12.3 Å². The van der Waals surface area contributed by atoms with E-state index in [0.29, 0.717) is 6.54 Å². The lowest BCUT2D eigenvalue weighted by Gasteiger charge is -2.39. The molecule has 1 N–H and O–H groups in total. The van der Waals surface area contributed by atoms with Crippen LogP contribution in [0.2, 0.25) is 0 Å². The molecule has 0 bridgehead atoms. The smallest absolute Gasteiger partial charge is 0.194 e. The highest BCUT2D eigenvalue weighted by atomic mass is 127. The molecule has 8 heteroatoms.